The van der Waals surface area contributed by atoms with Crippen LogP contribution in [0.25, 0.3) is 5.52 Å². The van der Waals surface area contributed by atoms with Crippen molar-refractivity contribution >= 4 is 11.5 Å². The number of imidazole rings is 1. The fourth-order valence-electron chi connectivity index (χ4n) is 1.98. The standard InChI is InChI=1S/C13H17N3O3/c1-14-7-3-4-11-15-12(13(18)19-2)10-6-5-9(17)8-16(10)11/h5-6,8,14,17H,3-4,7H2,1-2H3. The van der Waals surface area contributed by atoms with Gasteiger partial charge >= 0.3 is 5.97 Å². The summed E-state index contributed by atoms with van der Waals surface area (Å²) in [5.74, 6) is 0.404. The molecule has 0 unspecified atom stereocenters. The van der Waals surface area contributed by atoms with E-state index in [-0.39, 0.29) is 11.4 Å². The third-order valence-corrected chi connectivity index (χ3v) is 2.90. The minimum Gasteiger partial charge on any atom is -0.506 e. The van der Waals surface area contributed by atoms with E-state index in [0.717, 1.165) is 18.8 Å². The number of ether oxygens (including phenoxy) is 1. The van der Waals surface area contributed by atoms with Crippen molar-refractivity contribution in [3.05, 3.63) is 29.8 Å². The number of rotatable bonds is 5. The lowest BCUT2D eigenvalue weighted by molar-refractivity contribution is 0.0597. The van der Waals surface area contributed by atoms with Crippen LogP contribution >= 0.6 is 0 Å². The maximum absolute atomic E-state index is 11.7. The van der Waals surface area contributed by atoms with Gasteiger partial charge in [0, 0.05) is 6.42 Å². The van der Waals surface area contributed by atoms with Gasteiger partial charge < -0.3 is 15.2 Å². The third-order valence-electron chi connectivity index (χ3n) is 2.90. The van der Waals surface area contributed by atoms with Gasteiger partial charge in [-0.05, 0) is 32.1 Å². The van der Waals surface area contributed by atoms with Gasteiger partial charge in [0.05, 0.1) is 18.8 Å². The molecule has 0 aliphatic carbocycles. The minimum atomic E-state index is -0.469. The molecule has 2 rings (SSSR count). The van der Waals surface area contributed by atoms with E-state index in [2.05, 4.69) is 10.3 Å². The van der Waals surface area contributed by atoms with Gasteiger partial charge in [-0.15, -0.1) is 0 Å². The molecule has 2 heterocycles. The smallest absolute Gasteiger partial charge is 0.358 e. The highest BCUT2D eigenvalue weighted by atomic mass is 16.5. The molecule has 0 spiro atoms. The van der Waals surface area contributed by atoms with Gasteiger partial charge in [-0.2, -0.15) is 0 Å². The summed E-state index contributed by atoms with van der Waals surface area (Å²) in [6.45, 7) is 0.862. The number of methoxy groups -OCH3 is 1. The number of nitrogens with one attached hydrogen (secondary N) is 1. The first-order valence-corrected chi connectivity index (χ1v) is 6.10. The topological polar surface area (TPSA) is 75.9 Å². The number of aryl methyl sites for hydroxylation is 1. The normalized spacial score (nSPS) is 10.8. The van der Waals surface area contributed by atoms with Gasteiger partial charge in [-0.3, -0.25) is 4.40 Å². The van der Waals surface area contributed by atoms with E-state index in [4.69, 9.17) is 4.74 Å². The van der Waals surface area contributed by atoms with Gasteiger partial charge in [0.15, 0.2) is 5.69 Å². The fraction of sp³-hybridized carbons (Fsp3) is 0.385. The van der Waals surface area contributed by atoms with Gasteiger partial charge in [0.2, 0.25) is 0 Å². The molecule has 6 nitrogen and oxygen atoms in total. The van der Waals surface area contributed by atoms with E-state index >= 15 is 0 Å². The first-order valence-electron chi connectivity index (χ1n) is 6.10. The monoisotopic (exact) mass is 263 g/mol. The van der Waals surface area contributed by atoms with Crippen molar-refractivity contribution in [3.8, 4) is 5.75 Å². The second-order valence-corrected chi connectivity index (χ2v) is 4.22. The van der Waals surface area contributed by atoms with Crippen LogP contribution in [-0.4, -0.2) is 41.2 Å². The summed E-state index contributed by atoms with van der Waals surface area (Å²) in [6, 6.07) is 3.19. The van der Waals surface area contributed by atoms with Crippen molar-refractivity contribution in [1.82, 2.24) is 14.7 Å². The highest BCUT2D eigenvalue weighted by Crippen LogP contribution is 2.19. The van der Waals surface area contributed by atoms with Crippen LogP contribution < -0.4 is 5.32 Å². The molecule has 0 radical (unpaired) electrons. The first kappa shape index (κ1) is 13.4. The van der Waals surface area contributed by atoms with Crippen molar-refractivity contribution in [2.24, 2.45) is 0 Å². The van der Waals surface area contributed by atoms with Crippen LogP contribution in [0.3, 0.4) is 0 Å². The molecule has 6 heteroatoms. The quantitative estimate of drug-likeness (QED) is 0.621. The molecule has 0 aliphatic heterocycles. The molecule has 2 aromatic rings. The number of nitrogens with zero attached hydrogens (tertiary/aromatic N) is 2. The summed E-state index contributed by atoms with van der Waals surface area (Å²) in [6.07, 6.45) is 3.16. The van der Waals surface area contributed by atoms with Crippen LogP contribution in [-0.2, 0) is 11.2 Å². The average Bonchev–Trinajstić information content (AvgIpc) is 2.76. The Labute approximate surface area is 111 Å². The molecule has 102 valence electrons. The largest absolute Gasteiger partial charge is 0.506 e. The summed E-state index contributed by atoms with van der Waals surface area (Å²) >= 11 is 0. The van der Waals surface area contributed by atoms with E-state index in [0.29, 0.717) is 11.9 Å². The summed E-state index contributed by atoms with van der Waals surface area (Å²) in [7, 11) is 3.21. The lowest BCUT2D eigenvalue weighted by atomic mass is 10.3. The molecule has 0 amide bonds. The Hall–Kier alpha value is -2.08. The van der Waals surface area contributed by atoms with Gasteiger partial charge in [-0.25, -0.2) is 9.78 Å². The zero-order valence-corrected chi connectivity index (χ0v) is 11.0. The average molecular weight is 263 g/mol. The van der Waals surface area contributed by atoms with E-state index in [1.807, 2.05) is 7.05 Å². The Bertz CT molecular complexity index is 592. The van der Waals surface area contributed by atoms with Crippen molar-refractivity contribution in [2.45, 2.75) is 12.8 Å². The highest BCUT2D eigenvalue weighted by Gasteiger charge is 2.17. The Morgan fingerprint density at radius 3 is 3.00 bits per heavy atom. The van der Waals surface area contributed by atoms with Crippen LogP contribution in [0, 0.1) is 0 Å². The Kier molecular flexibility index (Phi) is 4.01. The van der Waals surface area contributed by atoms with Crippen molar-refractivity contribution < 1.29 is 14.6 Å². The Balaban J connectivity index is 2.44. The fourth-order valence-corrected chi connectivity index (χ4v) is 1.98. The van der Waals surface area contributed by atoms with Crippen molar-refractivity contribution in [3.63, 3.8) is 0 Å². The van der Waals surface area contributed by atoms with Crippen LogP contribution in [0.15, 0.2) is 18.3 Å². The van der Waals surface area contributed by atoms with Crippen molar-refractivity contribution in [1.29, 1.82) is 0 Å². The number of hydrogen-bond donors (Lipinski definition) is 2. The van der Waals surface area contributed by atoms with Crippen LogP contribution in [0.5, 0.6) is 5.75 Å². The zero-order chi connectivity index (χ0) is 13.8. The lowest BCUT2D eigenvalue weighted by Crippen LogP contribution is -2.09. The number of aromatic nitrogens is 2. The highest BCUT2D eigenvalue weighted by molar-refractivity contribution is 5.95. The third kappa shape index (κ3) is 2.68. The summed E-state index contributed by atoms with van der Waals surface area (Å²) in [5, 5.41) is 12.6. The molecule has 2 aromatic heterocycles. The van der Waals surface area contributed by atoms with Crippen LogP contribution in [0.1, 0.15) is 22.7 Å². The van der Waals surface area contributed by atoms with Gasteiger partial charge in [0.1, 0.15) is 11.6 Å². The number of fused-ring (bicyclic) bond motifs is 1. The van der Waals surface area contributed by atoms with E-state index in [9.17, 15) is 9.90 Å². The first-order chi connectivity index (χ1) is 9.17. The molecule has 0 fully saturated rings. The predicted octanol–water partition coefficient (Wildman–Crippen LogP) is 0.978. The van der Waals surface area contributed by atoms with E-state index in [1.165, 1.54) is 13.2 Å². The SMILES string of the molecule is CNCCCc1nc(C(=O)OC)c2ccc(O)cn12. The van der Waals surface area contributed by atoms with E-state index < -0.39 is 5.97 Å². The van der Waals surface area contributed by atoms with Gasteiger partial charge in [-0.1, -0.05) is 0 Å². The number of carbonyl (C=O) groups excluding carboxylic acids is 1. The maximum atomic E-state index is 11.7. The Morgan fingerprint density at radius 1 is 1.53 bits per heavy atom. The number of aromatic hydroxyl groups is 1. The lowest BCUT2D eigenvalue weighted by Gasteiger charge is -2.01. The molecule has 0 saturated heterocycles. The summed E-state index contributed by atoms with van der Waals surface area (Å²) in [5.41, 5.74) is 0.922. The van der Waals surface area contributed by atoms with E-state index in [1.54, 1.807) is 16.7 Å². The second kappa shape index (κ2) is 5.71. The number of pyridine rings is 1. The predicted molar refractivity (Wildman–Crippen MR) is 70.4 cm³/mol. The zero-order valence-electron chi connectivity index (χ0n) is 11.0. The molecule has 0 saturated carbocycles. The molecular weight excluding hydrogens is 246 g/mol. The van der Waals surface area contributed by atoms with Crippen molar-refractivity contribution in [2.75, 3.05) is 20.7 Å². The number of esters is 1. The van der Waals surface area contributed by atoms with Gasteiger partial charge in [0.25, 0.3) is 0 Å². The van der Waals surface area contributed by atoms with Crippen LogP contribution in [0.2, 0.25) is 0 Å². The molecular formula is C13H17N3O3. The molecule has 0 atom stereocenters. The summed E-state index contributed by atoms with van der Waals surface area (Å²) < 4.78 is 6.46. The Morgan fingerprint density at radius 2 is 2.32 bits per heavy atom. The molecule has 2 N–H and O–H groups in total. The maximum Gasteiger partial charge on any atom is 0.358 e. The molecule has 0 aromatic carbocycles. The minimum absolute atomic E-state index is 0.135. The molecule has 19 heavy (non-hydrogen) atoms. The number of carbonyl (C=O) groups is 1. The molecule has 0 bridgehead atoms. The molecule has 0 aliphatic rings. The summed E-state index contributed by atoms with van der Waals surface area (Å²) in [4.78, 5) is 16.0. The number of hydrogen-bond acceptors (Lipinski definition) is 5. The van der Waals surface area contributed by atoms with Crippen LogP contribution in [0.4, 0.5) is 0 Å². The second-order valence-electron chi connectivity index (χ2n) is 4.22.